The minimum absolute atomic E-state index is 0.000435. The van der Waals surface area contributed by atoms with Crippen LogP contribution < -0.4 is 0 Å². The second kappa shape index (κ2) is 11.0. The van der Waals surface area contributed by atoms with E-state index < -0.39 is 8.32 Å². The molecule has 0 spiro atoms. The Kier molecular flexibility index (Phi) is 9.74. The second-order valence-electron chi connectivity index (χ2n) is 9.65. The van der Waals surface area contributed by atoms with Crippen LogP contribution in [0.15, 0.2) is 17.3 Å². The molecular formula is C21H39N3O3Si. The summed E-state index contributed by atoms with van der Waals surface area (Å²) in [4.78, 5) is 15.2. The number of nitrogens with zero attached hydrogens (tertiary/aromatic N) is 3. The number of allylic oxidation sites excluding steroid dienone is 1. The van der Waals surface area contributed by atoms with Crippen LogP contribution in [0, 0.1) is 11.8 Å². The summed E-state index contributed by atoms with van der Waals surface area (Å²) in [6, 6.07) is 0. The largest absolute Gasteiger partial charge is 0.462 e. The van der Waals surface area contributed by atoms with Gasteiger partial charge in [-0.3, -0.25) is 4.79 Å². The first-order valence-electron chi connectivity index (χ1n) is 10.5. The van der Waals surface area contributed by atoms with E-state index in [0.717, 1.165) is 19.3 Å². The highest BCUT2D eigenvalue weighted by Gasteiger charge is 2.40. The van der Waals surface area contributed by atoms with Crippen molar-refractivity contribution in [2.45, 2.75) is 97.1 Å². The number of hydrogen-bond acceptors (Lipinski definition) is 4. The lowest BCUT2D eigenvalue weighted by molar-refractivity contribution is -0.151. The first-order chi connectivity index (χ1) is 13.0. The van der Waals surface area contributed by atoms with E-state index in [-0.39, 0.29) is 29.1 Å². The number of hydrogen-bond donors (Lipinski definition) is 0. The molecule has 28 heavy (non-hydrogen) atoms. The Balaban J connectivity index is 2.87. The topological polar surface area (TPSA) is 84.3 Å². The van der Waals surface area contributed by atoms with Crippen LogP contribution in [0.2, 0.25) is 18.1 Å². The monoisotopic (exact) mass is 409 g/mol. The minimum atomic E-state index is -1.86. The Bertz CT molecular complexity index is 580. The second-order valence-corrected chi connectivity index (χ2v) is 14.4. The molecule has 4 atom stereocenters. The molecule has 0 saturated heterocycles. The third-order valence-corrected chi connectivity index (χ3v) is 10.7. The van der Waals surface area contributed by atoms with E-state index in [9.17, 15) is 4.79 Å². The van der Waals surface area contributed by atoms with Crippen molar-refractivity contribution in [3.8, 4) is 0 Å². The van der Waals surface area contributed by atoms with Gasteiger partial charge in [0.05, 0.1) is 0 Å². The highest BCUT2D eigenvalue weighted by atomic mass is 28.4. The fourth-order valence-electron chi connectivity index (χ4n) is 3.06. The summed E-state index contributed by atoms with van der Waals surface area (Å²) in [6.07, 6.45) is 7.82. The fourth-order valence-corrected chi connectivity index (χ4v) is 4.52. The summed E-state index contributed by atoms with van der Waals surface area (Å²) in [5.74, 6) is 0.227. The lowest BCUT2D eigenvalue weighted by Crippen LogP contribution is -2.45. The molecule has 1 aliphatic rings. The number of carbonyl (C=O) groups excluding carboxylic acids is 1. The van der Waals surface area contributed by atoms with Gasteiger partial charge in [0, 0.05) is 30.4 Å². The van der Waals surface area contributed by atoms with Crippen LogP contribution in [0.4, 0.5) is 0 Å². The third-order valence-electron chi connectivity index (χ3n) is 6.15. The first kappa shape index (κ1) is 24.7. The molecule has 0 saturated carbocycles. The van der Waals surface area contributed by atoms with Crippen LogP contribution in [-0.4, -0.2) is 33.0 Å². The molecule has 6 nitrogen and oxygen atoms in total. The van der Waals surface area contributed by atoms with Crippen molar-refractivity contribution in [1.29, 1.82) is 0 Å². The van der Waals surface area contributed by atoms with Gasteiger partial charge >= 0.3 is 5.97 Å². The van der Waals surface area contributed by atoms with Crippen molar-refractivity contribution < 1.29 is 14.0 Å². The van der Waals surface area contributed by atoms with E-state index >= 15 is 0 Å². The highest BCUT2D eigenvalue weighted by Crippen LogP contribution is 2.39. The molecule has 0 N–H and O–H groups in total. The van der Waals surface area contributed by atoms with E-state index in [1.165, 1.54) is 0 Å². The van der Waals surface area contributed by atoms with Gasteiger partial charge in [-0.15, -0.1) is 0 Å². The van der Waals surface area contributed by atoms with Crippen LogP contribution >= 0.6 is 0 Å². The zero-order chi connectivity index (χ0) is 21.4. The molecule has 0 aromatic heterocycles. The van der Waals surface area contributed by atoms with Crippen molar-refractivity contribution in [1.82, 2.24) is 0 Å². The van der Waals surface area contributed by atoms with Crippen molar-refractivity contribution >= 4 is 14.3 Å². The van der Waals surface area contributed by atoms with E-state index in [1.54, 1.807) is 0 Å². The summed E-state index contributed by atoms with van der Waals surface area (Å²) in [5, 5.41) is 3.80. The number of ether oxygens (including phenoxy) is 1. The van der Waals surface area contributed by atoms with Crippen LogP contribution in [-0.2, 0) is 14.0 Å². The summed E-state index contributed by atoms with van der Waals surface area (Å²) in [6.45, 7) is 15.9. The van der Waals surface area contributed by atoms with Gasteiger partial charge in [0.2, 0.25) is 0 Å². The third kappa shape index (κ3) is 7.98. The highest BCUT2D eigenvalue weighted by molar-refractivity contribution is 6.74. The molecule has 0 amide bonds. The normalized spacial score (nSPS) is 27.5. The molecule has 0 aromatic rings. The Hall–Kier alpha value is -1.30. The van der Waals surface area contributed by atoms with Crippen molar-refractivity contribution in [2.24, 2.45) is 17.0 Å². The molecule has 7 heteroatoms. The van der Waals surface area contributed by atoms with E-state index in [0.29, 0.717) is 25.3 Å². The van der Waals surface area contributed by atoms with Crippen molar-refractivity contribution in [2.75, 3.05) is 6.54 Å². The van der Waals surface area contributed by atoms with Gasteiger partial charge in [0.15, 0.2) is 8.32 Å². The van der Waals surface area contributed by atoms with Gasteiger partial charge < -0.3 is 9.16 Å². The van der Waals surface area contributed by atoms with Gasteiger partial charge in [-0.05, 0) is 54.8 Å². The van der Waals surface area contributed by atoms with Crippen molar-refractivity contribution in [3.05, 3.63) is 22.6 Å². The molecule has 0 fully saturated rings. The number of esters is 1. The van der Waals surface area contributed by atoms with Gasteiger partial charge in [0.1, 0.15) is 6.10 Å². The summed E-state index contributed by atoms with van der Waals surface area (Å²) in [5.41, 5.74) is 8.53. The molecule has 1 heterocycles. The van der Waals surface area contributed by atoms with Gasteiger partial charge in [-0.1, -0.05) is 51.9 Å². The van der Waals surface area contributed by atoms with Gasteiger partial charge in [-0.25, -0.2) is 0 Å². The zero-order valence-electron chi connectivity index (χ0n) is 18.8. The van der Waals surface area contributed by atoms with Crippen molar-refractivity contribution in [3.63, 3.8) is 0 Å². The molecule has 160 valence electrons. The Morgan fingerprint density at radius 2 is 2.00 bits per heavy atom. The predicted molar refractivity (Wildman–Crippen MR) is 117 cm³/mol. The molecule has 1 unspecified atom stereocenters. The Labute approximate surface area is 171 Å². The van der Waals surface area contributed by atoms with E-state index in [1.807, 2.05) is 6.92 Å². The van der Waals surface area contributed by atoms with Crippen LogP contribution in [0.25, 0.3) is 10.4 Å². The van der Waals surface area contributed by atoms with E-state index in [2.05, 4.69) is 63.0 Å². The number of rotatable bonds is 5. The van der Waals surface area contributed by atoms with E-state index in [4.69, 9.17) is 14.7 Å². The predicted octanol–water partition coefficient (Wildman–Crippen LogP) is 6.39. The molecule has 0 radical (unpaired) electrons. The molecule has 0 aliphatic carbocycles. The molecular weight excluding hydrogens is 370 g/mol. The average Bonchev–Trinajstić information content (AvgIpc) is 2.59. The SMILES string of the molecule is C[C@@H](CN=[N+]=[N-])C1C/C=C/C[C@H](C)[C@@H](O[Si](C)(C)C(C)(C)C)CCCC(=O)O1. The first-order valence-corrected chi connectivity index (χ1v) is 13.4. The molecule has 1 aliphatic heterocycles. The molecule has 1 rings (SSSR count). The fraction of sp³-hybridized carbons (Fsp3) is 0.857. The summed E-state index contributed by atoms with van der Waals surface area (Å²) in [7, 11) is -1.86. The van der Waals surface area contributed by atoms with Crippen LogP contribution in [0.3, 0.4) is 0 Å². The number of azide groups is 1. The maximum Gasteiger partial charge on any atom is 0.306 e. The smallest absolute Gasteiger partial charge is 0.306 e. The van der Waals surface area contributed by atoms with Crippen LogP contribution in [0.5, 0.6) is 0 Å². The zero-order valence-corrected chi connectivity index (χ0v) is 19.8. The Morgan fingerprint density at radius 1 is 1.36 bits per heavy atom. The Morgan fingerprint density at radius 3 is 2.61 bits per heavy atom. The number of cyclic esters (lactones) is 1. The molecule has 0 bridgehead atoms. The van der Waals surface area contributed by atoms with Crippen LogP contribution in [0.1, 0.15) is 66.7 Å². The lowest BCUT2D eigenvalue weighted by Gasteiger charge is -2.41. The summed E-state index contributed by atoms with van der Waals surface area (Å²) >= 11 is 0. The van der Waals surface area contributed by atoms with Gasteiger partial charge in [0.25, 0.3) is 0 Å². The quantitative estimate of drug-likeness (QED) is 0.132. The standard InChI is InChI=1S/C21H39N3O3Si/c1-16-11-8-9-12-18(17(2)15-23-24-22)26-20(25)14-10-13-19(16)27-28(6,7)21(3,4)5/h8-9,16-19H,10-15H2,1-7H3/b9-8+/t16-,17-,18?,19-/m0/s1. The molecule has 0 aromatic carbocycles. The maximum atomic E-state index is 12.3. The number of carbonyl (C=O) groups is 1. The maximum absolute atomic E-state index is 12.3. The average molecular weight is 410 g/mol. The van der Waals surface area contributed by atoms with Gasteiger partial charge in [-0.2, -0.15) is 0 Å². The summed E-state index contributed by atoms with van der Waals surface area (Å²) < 4.78 is 12.4. The lowest BCUT2D eigenvalue weighted by atomic mass is 9.95. The minimum Gasteiger partial charge on any atom is -0.462 e.